The molecule has 0 saturated heterocycles. The van der Waals surface area contributed by atoms with Gasteiger partial charge < -0.3 is 4.98 Å². The lowest BCUT2D eigenvalue weighted by atomic mass is 10.2. The number of rotatable bonds is 5. The van der Waals surface area contributed by atoms with Crippen molar-refractivity contribution in [2.24, 2.45) is 0 Å². The number of nitrogens with zero attached hydrogens (tertiary/aromatic N) is 1. The van der Waals surface area contributed by atoms with Gasteiger partial charge in [-0.05, 0) is 0 Å². The maximum absolute atomic E-state index is 11.9. The van der Waals surface area contributed by atoms with E-state index in [0.717, 1.165) is 5.69 Å². The van der Waals surface area contributed by atoms with E-state index in [1.165, 1.54) is 6.33 Å². The highest BCUT2D eigenvalue weighted by molar-refractivity contribution is 14.1. The molecule has 0 amide bonds. The third-order valence-electron chi connectivity index (χ3n) is 1.58. The third-order valence-corrected chi connectivity index (χ3v) is 2.33. The highest BCUT2D eigenvalue weighted by Crippen LogP contribution is 2.03. The fraction of sp³-hybridized carbons (Fsp3) is 0.429. The number of nitrogens with one attached hydrogen (secondary N) is 2. The van der Waals surface area contributed by atoms with Crippen molar-refractivity contribution in [3.05, 3.63) is 18.2 Å². The summed E-state index contributed by atoms with van der Waals surface area (Å²) in [5, 5.41) is 2.45. The normalized spacial score (nSPS) is 12.8. The zero-order valence-corrected chi connectivity index (χ0v) is 8.92. The molecule has 0 aliphatic rings. The van der Waals surface area contributed by atoms with Crippen LogP contribution in [0.25, 0.3) is 0 Å². The molecule has 4 nitrogen and oxygen atoms in total. The molecule has 13 heavy (non-hydrogen) atoms. The van der Waals surface area contributed by atoms with Gasteiger partial charge in [-0.3, -0.25) is 10.1 Å². The van der Waals surface area contributed by atoms with Gasteiger partial charge in [0.15, 0.2) is 0 Å². The van der Waals surface area contributed by atoms with Crippen LogP contribution in [0.15, 0.2) is 12.5 Å². The van der Waals surface area contributed by atoms with E-state index < -0.39 is 12.8 Å². The molecule has 2 N–H and O–H groups in total. The second-order valence-corrected chi connectivity index (χ2v) is 3.54. The number of halogens is 2. The van der Waals surface area contributed by atoms with Crippen molar-refractivity contribution in [3.63, 3.8) is 0 Å². The molecule has 1 heterocycles. The Hall–Kier alpha value is -0.500. The number of carbonyl (C=O) groups excluding carboxylic acids is 1. The van der Waals surface area contributed by atoms with E-state index in [2.05, 4.69) is 15.3 Å². The Morgan fingerprint density at radius 1 is 1.85 bits per heavy atom. The molecular weight excluding hydrogens is 288 g/mol. The fourth-order valence-electron chi connectivity index (χ4n) is 0.942. The second-order valence-electron chi connectivity index (χ2n) is 2.48. The van der Waals surface area contributed by atoms with Gasteiger partial charge in [0.05, 0.1) is 12.4 Å². The van der Waals surface area contributed by atoms with Crippen LogP contribution in [0, 0.1) is 0 Å². The quantitative estimate of drug-likeness (QED) is 0.480. The van der Waals surface area contributed by atoms with E-state index in [1.807, 2.05) is 0 Å². The van der Waals surface area contributed by atoms with E-state index in [4.69, 9.17) is 0 Å². The van der Waals surface area contributed by atoms with E-state index in [-0.39, 0.29) is 3.79 Å². The molecule has 0 bridgehead atoms. The molecule has 0 fully saturated rings. The lowest BCUT2D eigenvalue weighted by Gasteiger charge is -2.10. The summed E-state index contributed by atoms with van der Waals surface area (Å²) >= 11 is 1.65. The minimum absolute atomic E-state index is 0.107. The van der Waals surface area contributed by atoms with Gasteiger partial charge in [-0.1, -0.05) is 0 Å². The number of aromatic amines is 1. The largest absolute Gasteiger partial charge is 0.348 e. The van der Waals surface area contributed by atoms with Crippen LogP contribution < -0.4 is 5.32 Å². The Kier molecular flexibility index (Phi) is 4.29. The number of imidazole rings is 1. The molecule has 1 rings (SSSR count). The Balaban J connectivity index is 2.52. The first kappa shape index (κ1) is 10.6. The molecule has 0 aromatic carbocycles. The van der Waals surface area contributed by atoms with Crippen molar-refractivity contribution in [1.82, 2.24) is 15.3 Å². The monoisotopic (exact) mass is 297 g/mol. The highest BCUT2D eigenvalue weighted by Gasteiger charge is 2.15. The summed E-state index contributed by atoms with van der Waals surface area (Å²) < 4.78 is 11.8. The Morgan fingerprint density at radius 3 is 3.08 bits per heavy atom. The first-order chi connectivity index (χ1) is 6.24. The van der Waals surface area contributed by atoms with Crippen LogP contribution in [0.5, 0.6) is 0 Å². The van der Waals surface area contributed by atoms with Crippen molar-refractivity contribution < 1.29 is 9.18 Å². The topological polar surface area (TPSA) is 57.8 Å². The molecule has 0 saturated carbocycles. The molecule has 1 atom stereocenters. The number of alkyl halides is 1. The molecule has 1 aromatic heterocycles. The minimum atomic E-state index is -0.701. The van der Waals surface area contributed by atoms with Crippen LogP contribution in [0.2, 0.25) is 0 Å². The Bertz CT molecular complexity index is 265. The van der Waals surface area contributed by atoms with E-state index >= 15 is 0 Å². The molecule has 0 radical (unpaired) electrons. The Morgan fingerprint density at radius 2 is 2.62 bits per heavy atom. The zero-order chi connectivity index (χ0) is 9.68. The average molecular weight is 297 g/mol. The predicted octanol–water partition coefficient (Wildman–Crippen LogP) is 0.799. The van der Waals surface area contributed by atoms with Gasteiger partial charge in [-0.2, -0.15) is 0 Å². The summed E-state index contributed by atoms with van der Waals surface area (Å²) in [4.78, 5) is 17.6. The molecule has 0 spiro atoms. The lowest BCUT2D eigenvalue weighted by Crippen LogP contribution is -2.35. The van der Waals surface area contributed by atoms with Crippen molar-refractivity contribution in [1.29, 1.82) is 0 Å². The zero-order valence-electron chi connectivity index (χ0n) is 6.76. The maximum Gasteiger partial charge on any atom is 0.209 e. The van der Waals surface area contributed by atoms with Crippen molar-refractivity contribution in [2.45, 2.75) is 12.5 Å². The van der Waals surface area contributed by atoms with Gasteiger partial charge in [-0.25, -0.2) is 9.37 Å². The standard InChI is InChI=1S/C7H9FIN3O/c8-3-11-6(7(9)13)1-5-2-10-4-12-5/h2,4,6,11H,1,3H2,(H,10,12). The molecule has 0 aliphatic carbocycles. The molecule has 0 aliphatic heterocycles. The average Bonchev–Trinajstić information content (AvgIpc) is 2.56. The Labute approximate surface area is 88.5 Å². The second kappa shape index (κ2) is 5.28. The minimum Gasteiger partial charge on any atom is -0.348 e. The van der Waals surface area contributed by atoms with Gasteiger partial charge in [0.1, 0.15) is 6.80 Å². The predicted molar refractivity (Wildman–Crippen MR) is 54.2 cm³/mol. The molecule has 1 unspecified atom stereocenters. The summed E-state index contributed by atoms with van der Waals surface area (Å²) in [5.41, 5.74) is 0.816. The van der Waals surface area contributed by atoms with Gasteiger partial charge >= 0.3 is 0 Å². The van der Waals surface area contributed by atoms with Crippen molar-refractivity contribution in [3.8, 4) is 0 Å². The van der Waals surface area contributed by atoms with Gasteiger partial charge in [0.2, 0.25) is 3.79 Å². The highest BCUT2D eigenvalue weighted by atomic mass is 127. The van der Waals surface area contributed by atoms with Crippen molar-refractivity contribution >= 4 is 26.4 Å². The number of aromatic nitrogens is 2. The van der Waals surface area contributed by atoms with Crippen LogP contribution >= 0.6 is 22.6 Å². The number of carbonyl (C=O) groups is 1. The maximum atomic E-state index is 11.9. The number of hydrogen-bond acceptors (Lipinski definition) is 3. The first-order valence-corrected chi connectivity index (χ1v) is 4.78. The first-order valence-electron chi connectivity index (χ1n) is 3.70. The molecule has 6 heteroatoms. The number of H-pyrrole nitrogens is 1. The van der Waals surface area contributed by atoms with Gasteiger partial charge in [0.25, 0.3) is 0 Å². The van der Waals surface area contributed by atoms with E-state index in [1.54, 1.807) is 28.8 Å². The van der Waals surface area contributed by atoms with Crippen molar-refractivity contribution in [2.75, 3.05) is 6.80 Å². The smallest absolute Gasteiger partial charge is 0.209 e. The van der Waals surface area contributed by atoms with E-state index in [0.29, 0.717) is 6.42 Å². The summed E-state index contributed by atoms with van der Waals surface area (Å²) in [6.45, 7) is -0.701. The molecular formula is C7H9FIN3O. The van der Waals surface area contributed by atoms with Crippen LogP contribution in [0.3, 0.4) is 0 Å². The summed E-state index contributed by atoms with van der Waals surface area (Å²) in [6.07, 6.45) is 3.58. The van der Waals surface area contributed by atoms with Crippen LogP contribution in [0.1, 0.15) is 5.69 Å². The van der Waals surface area contributed by atoms with Crippen LogP contribution in [-0.4, -0.2) is 26.6 Å². The van der Waals surface area contributed by atoms with Gasteiger partial charge in [-0.15, -0.1) is 0 Å². The number of hydrogen-bond donors (Lipinski definition) is 2. The van der Waals surface area contributed by atoms with Crippen LogP contribution in [-0.2, 0) is 11.2 Å². The summed E-state index contributed by atoms with van der Waals surface area (Å²) in [6, 6.07) is -0.481. The lowest BCUT2D eigenvalue weighted by molar-refractivity contribution is -0.111. The van der Waals surface area contributed by atoms with Gasteiger partial charge in [0, 0.05) is 40.9 Å². The fourth-order valence-corrected chi connectivity index (χ4v) is 1.38. The van der Waals surface area contributed by atoms with Crippen LogP contribution in [0.4, 0.5) is 4.39 Å². The molecule has 1 aromatic rings. The molecule has 72 valence electrons. The van der Waals surface area contributed by atoms with E-state index in [9.17, 15) is 9.18 Å². The third kappa shape index (κ3) is 3.39. The SMILES string of the molecule is O=C(I)C(Cc1cnc[nH]1)NCF. The summed E-state index contributed by atoms with van der Waals surface area (Å²) in [7, 11) is 0. The summed E-state index contributed by atoms with van der Waals surface area (Å²) in [5.74, 6) is 0.